The summed E-state index contributed by atoms with van der Waals surface area (Å²) in [5, 5.41) is 3.75. The van der Waals surface area contributed by atoms with Gasteiger partial charge in [0, 0.05) is 23.2 Å². The third-order valence-corrected chi connectivity index (χ3v) is 4.00. The molecule has 104 valence electrons. The zero-order chi connectivity index (χ0) is 14.1. The minimum Gasteiger partial charge on any atom is -0.454 e. The van der Waals surface area contributed by atoms with E-state index in [1.54, 1.807) is 18.2 Å². The number of anilines is 1. The number of benzene rings is 2. The third kappa shape index (κ3) is 2.69. The lowest BCUT2D eigenvalue weighted by molar-refractivity contribution is 0.174. The van der Waals surface area contributed by atoms with Crippen LogP contribution in [-0.4, -0.2) is 6.79 Å². The molecule has 0 saturated carbocycles. The minimum absolute atomic E-state index is 0.207. The first kappa shape index (κ1) is 13.5. The largest absolute Gasteiger partial charge is 0.454 e. The van der Waals surface area contributed by atoms with E-state index in [0.717, 1.165) is 11.3 Å². The molecule has 1 aliphatic heterocycles. The molecule has 1 heterocycles. The Hall–Kier alpha value is -1.46. The first-order valence-electron chi connectivity index (χ1n) is 5.90. The highest BCUT2D eigenvalue weighted by atomic mass is 79.9. The molecule has 6 heteroatoms. The van der Waals surface area contributed by atoms with Gasteiger partial charge in [-0.05, 0) is 17.7 Å². The highest BCUT2D eigenvalue weighted by molar-refractivity contribution is 9.10. The van der Waals surface area contributed by atoms with Crippen molar-refractivity contribution in [3.05, 3.63) is 51.2 Å². The summed E-state index contributed by atoms with van der Waals surface area (Å²) < 4.78 is 24.3. The molecular weight excluding hydrogens is 349 g/mol. The molecule has 0 bridgehead atoms. The molecule has 0 aliphatic carbocycles. The number of rotatable bonds is 3. The standard InChI is InChI=1S/C14H10BrClFNO2/c15-10-3-9(17)2-1-8(10)6-18-12-5-14-13(4-11(12)16)19-7-20-14/h1-5,18H,6-7H2. The molecule has 2 aromatic carbocycles. The summed E-state index contributed by atoms with van der Waals surface area (Å²) in [6.45, 7) is 0.721. The smallest absolute Gasteiger partial charge is 0.231 e. The molecule has 0 amide bonds. The Balaban J connectivity index is 1.78. The van der Waals surface area contributed by atoms with Crippen LogP contribution in [0.15, 0.2) is 34.8 Å². The number of nitrogens with one attached hydrogen (secondary N) is 1. The Labute approximate surface area is 128 Å². The fourth-order valence-corrected chi connectivity index (χ4v) is 2.62. The van der Waals surface area contributed by atoms with E-state index in [2.05, 4.69) is 21.2 Å². The maximum atomic E-state index is 13.0. The zero-order valence-corrected chi connectivity index (χ0v) is 12.6. The highest BCUT2D eigenvalue weighted by Gasteiger charge is 2.16. The Morgan fingerprint density at radius 2 is 1.95 bits per heavy atom. The van der Waals surface area contributed by atoms with Gasteiger partial charge in [0.2, 0.25) is 6.79 Å². The van der Waals surface area contributed by atoms with E-state index in [9.17, 15) is 4.39 Å². The van der Waals surface area contributed by atoms with Gasteiger partial charge in [0.1, 0.15) is 5.82 Å². The van der Waals surface area contributed by atoms with Gasteiger partial charge in [-0.1, -0.05) is 33.6 Å². The maximum absolute atomic E-state index is 13.0. The second kappa shape index (κ2) is 5.50. The van der Waals surface area contributed by atoms with Crippen LogP contribution >= 0.6 is 27.5 Å². The Morgan fingerprint density at radius 3 is 2.70 bits per heavy atom. The summed E-state index contributed by atoms with van der Waals surface area (Å²) in [4.78, 5) is 0. The quantitative estimate of drug-likeness (QED) is 0.871. The molecule has 0 spiro atoms. The lowest BCUT2D eigenvalue weighted by Gasteiger charge is -2.11. The van der Waals surface area contributed by atoms with Crippen molar-refractivity contribution in [3.8, 4) is 11.5 Å². The molecule has 20 heavy (non-hydrogen) atoms. The van der Waals surface area contributed by atoms with Gasteiger partial charge in [-0.15, -0.1) is 0 Å². The molecule has 0 aromatic heterocycles. The molecule has 2 aromatic rings. The highest BCUT2D eigenvalue weighted by Crippen LogP contribution is 2.39. The Morgan fingerprint density at radius 1 is 1.20 bits per heavy atom. The van der Waals surface area contributed by atoms with Crippen molar-refractivity contribution in [2.75, 3.05) is 12.1 Å². The van der Waals surface area contributed by atoms with Gasteiger partial charge < -0.3 is 14.8 Å². The third-order valence-electron chi connectivity index (χ3n) is 2.95. The van der Waals surface area contributed by atoms with E-state index in [-0.39, 0.29) is 12.6 Å². The SMILES string of the molecule is Fc1ccc(CNc2cc3c(cc2Cl)OCO3)c(Br)c1. The second-order valence-electron chi connectivity index (χ2n) is 4.27. The van der Waals surface area contributed by atoms with Gasteiger partial charge in [-0.3, -0.25) is 0 Å². The predicted octanol–water partition coefficient (Wildman–Crippen LogP) is 4.58. The lowest BCUT2D eigenvalue weighted by atomic mass is 10.2. The van der Waals surface area contributed by atoms with Crippen molar-refractivity contribution in [1.29, 1.82) is 0 Å². The summed E-state index contributed by atoms with van der Waals surface area (Å²) in [7, 11) is 0. The van der Waals surface area contributed by atoms with E-state index >= 15 is 0 Å². The van der Waals surface area contributed by atoms with Gasteiger partial charge in [0.05, 0.1) is 10.7 Å². The predicted molar refractivity (Wildman–Crippen MR) is 79.0 cm³/mol. The lowest BCUT2D eigenvalue weighted by Crippen LogP contribution is -2.01. The average molecular weight is 359 g/mol. The number of ether oxygens (including phenoxy) is 2. The maximum Gasteiger partial charge on any atom is 0.231 e. The van der Waals surface area contributed by atoms with Crippen molar-refractivity contribution < 1.29 is 13.9 Å². The summed E-state index contributed by atoms with van der Waals surface area (Å²) in [5.74, 6) is 1.03. The van der Waals surface area contributed by atoms with Crippen LogP contribution in [-0.2, 0) is 6.54 Å². The molecule has 0 radical (unpaired) electrons. The fourth-order valence-electron chi connectivity index (χ4n) is 1.91. The van der Waals surface area contributed by atoms with Crippen molar-refractivity contribution in [1.82, 2.24) is 0 Å². The van der Waals surface area contributed by atoms with E-state index in [1.165, 1.54) is 12.1 Å². The zero-order valence-electron chi connectivity index (χ0n) is 10.3. The first-order chi connectivity index (χ1) is 9.63. The topological polar surface area (TPSA) is 30.5 Å². The normalized spacial score (nSPS) is 12.6. The monoisotopic (exact) mass is 357 g/mol. The van der Waals surface area contributed by atoms with Crippen LogP contribution in [0, 0.1) is 5.82 Å². The number of fused-ring (bicyclic) bond motifs is 1. The molecule has 1 aliphatic rings. The number of halogens is 3. The summed E-state index contributed by atoms with van der Waals surface area (Å²) in [5.41, 5.74) is 1.67. The van der Waals surface area contributed by atoms with Crippen LogP contribution in [0.4, 0.5) is 10.1 Å². The minimum atomic E-state index is -0.276. The Bertz CT molecular complexity index is 666. The second-order valence-corrected chi connectivity index (χ2v) is 5.54. The van der Waals surface area contributed by atoms with Gasteiger partial charge in [0.25, 0.3) is 0 Å². The van der Waals surface area contributed by atoms with Crippen molar-refractivity contribution >= 4 is 33.2 Å². The summed E-state index contributed by atoms with van der Waals surface area (Å²) in [6.07, 6.45) is 0. The average Bonchev–Trinajstić information content (AvgIpc) is 2.84. The molecule has 3 nitrogen and oxygen atoms in total. The van der Waals surface area contributed by atoms with Crippen LogP contribution < -0.4 is 14.8 Å². The number of hydrogen-bond donors (Lipinski definition) is 1. The molecule has 3 rings (SSSR count). The molecule has 0 saturated heterocycles. The van der Waals surface area contributed by atoms with Crippen LogP contribution in [0.2, 0.25) is 5.02 Å². The van der Waals surface area contributed by atoms with Crippen molar-refractivity contribution in [2.45, 2.75) is 6.54 Å². The van der Waals surface area contributed by atoms with Gasteiger partial charge >= 0.3 is 0 Å². The summed E-state index contributed by atoms with van der Waals surface area (Å²) in [6, 6.07) is 8.07. The van der Waals surface area contributed by atoms with Gasteiger partial charge in [-0.25, -0.2) is 4.39 Å². The van der Waals surface area contributed by atoms with Crippen LogP contribution in [0.25, 0.3) is 0 Å². The molecule has 0 atom stereocenters. The molecule has 1 N–H and O–H groups in total. The first-order valence-corrected chi connectivity index (χ1v) is 7.07. The van der Waals surface area contributed by atoms with Crippen LogP contribution in [0.5, 0.6) is 11.5 Å². The van der Waals surface area contributed by atoms with Crippen LogP contribution in [0.3, 0.4) is 0 Å². The van der Waals surface area contributed by atoms with Crippen molar-refractivity contribution in [3.63, 3.8) is 0 Å². The Kier molecular flexibility index (Phi) is 3.72. The van der Waals surface area contributed by atoms with Crippen molar-refractivity contribution in [2.24, 2.45) is 0 Å². The van der Waals surface area contributed by atoms with E-state index in [4.69, 9.17) is 21.1 Å². The molecule has 0 unspecified atom stereocenters. The van der Waals surface area contributed by atoms with E-state index in [0.29, 0.717) is 27.5 Å². The fraction of sp³-hybridized carbons (Fsp3) is 0.143. The summed E-state index contributed by atoms with van der Waals surface area (Å²) >= 11 is 9.50. The number of hydrogen-bond acceptors (Lipinski definition) is 3. The van der Waals surface area contributed by atoms with E-state index < -0.39 is 0 Å². The van der Waals surface area contributed by atoms with Gasteiger partial charge in [0.15, 0.2) is 11.5 Å². The molecule has 0 fully saturated rings. The molecular formula is C14H10BrClFNO2. The van der Waals surface area contributed by atoms with Crippen LogP contribution in [0.1, 0.15) is 5.56 Å². The van der Waals surface area contributed by atoms with Gasteiger partial charge in [-0.2, -0.15) is 0 Å². The van der Waals surface area contributed by atoms with E-state index in [1.807, 2.05) is 0 Å².